The number of allylic oxidation sites excluding steroid dienone is 1. The van der Waals surface area contributed by atoms with Gasteiger partial charge in [-0.15, -0.1) is 0 Å². The van der Waals surface area contributed by atoms with Crippen molar-refractivity contribution in [3.05, 3.63) is 73.1 Å². The monoisotopic (exact) mass is 475 g/mol. The second-order valence-electron chi connectivity index (χ2n) is 10.9. The van der Waals surface area contributed by atoms with Gasteiger partial charge in [-0.2, -0.15) is 0 Å². The van der Waals surface area contributed by atoms with Crippen LogP contribution in [0, 0.1) is 6.92 Å². The second kappa shape index (κ2) is 7.70. The van der Waals surface area contributed by atoms with Gasteiger partial charge in [0.05, 0.1) is 5.56 Å². The van der Waals surface area contributed by atoms with Crippen LogP contribution >= 0.6 is 0 Å². The molecule has 0 aliphatic carbocycles. The van der Waals surface area contributed by atoms with Gasteiger partial charge in [0.15, 0.2) is 5.78 Å². The number of rotatable bonds is 3. The summed E-state index contributed by atoms with van der Waals surface area (Å²) in [6.07, 6.45) is 4.39. The number of aryl methyl sites for hydroxylation is 1. The van der Waals surface area contributed by atoms with E-state index in [1.54, 1.807) is 6.07 Å². The van der Waals surface area contributed by atoms with E-state index in [-0.39, 0.29) is 22.2 Å². The highest BCUT2D eigenvalue weighted by atomic mass is 16.4. The van der Waals surface area contributed by atoms with E-state index in [1.165, 1.54) is 30.3 Å². The first kappa shape index (κ1) is 23.1. The summed E-state index contributed by atoms with van der Waals surface area (Å²) in [4.78, 5) is 40.0. The van der Waals surface area contributed by atoms with Gasteiger partial charge >= 0.3 is 11.3 Å². The molecule has 1 aromatic carbocycles. The van der Waals surface area contributed by atoms with Crippen molar-refractivity contribution in [2.75, 3.05) is 18.0 Å². The number of benzene rings is 1. The summed E-state index contributed by atoms with van der Waals surface area (Å²) in [5.74, 6) is -1.02. The maximum Gasteiger partial charge on any atom is 0.351 e. The van der Waals surface area contributed by atoms with Gasteiger partial charge in [-0.05, 0) is 60.4 Å². The number of anilines is 1. The number of hydrogen-bond donors (Lipinski definition) is 1. The van der Waals surface area contributed by atoms with Crippen molar-refractivity contribution in [3.8, 4) is 5.75 Å². The molecule has 7 nitrogen and oxygen atoms in total. The number of fused-ring (bicyclic) bond motifs is 2. The molecule has 0 unspecified atom stereocenters. The van der Waals surface area contributed by atoms with Crippen LogP contribution in [-0.2, 0) is 10.8 Å². The molecule has 7 heteroatoms. The first-order valence-electron chi connectivity index (χ1n) is 11.9. The Kier molecular flexibility index (Phi) is 5.09. The molecule has 4 heterocycles. The van der Waals surface area contributed by atoms with E-state index in [9.17, 15) is 19.5 Å². The van der Waals surface area contributed by atoms with Crippen molar-refractivity contribution < 1.29 is 18.7 Å². The summed E-state index contributed by atoms with van der Waals surface area (Å²) >= 11 is 0. The molecule has 0 radical (unpaired) electrons. The van der Waals surface area contributed by atoms with Crippen molar-refractivity contribution >= 4 is 28.5 Å². The van der Waals surface area contributed by atoms with Crippen molar-refractivity contribution in [1.82, 2.24) is 0 Å². The predicted octanol–water partition coefficient (Wildman–Crippen LogP) is 4.83. The molecule has 182 valence electrons. The van der Waals surface area contributed by atoms with E-state index < -0.39 is 28.3 Å². The topological polar surface area (TPSA) is 101 Å². The smallest absolute Gasteiger partial charge is 0.351 e. The summed E-state index contributed by atoms with van der Waals surface area (Å²) in [6.45, 7) is 12.3. The zero-order chi connectivity index (χ0) is 25.3. The van der Waals surface area contributed by atoms with Crippen molar-refractivity contribution in [2.45, 2.75) is 58.3 Å². The fraction of sp³-hybridized carbons (Fsp3) is 0.393. The van der Waals surface area contributed by atoms with Gasteiger partial charge in [-0.3, -0.25) is 4.79 Å². The molecule has 1 N–H and O–H groups in total. The molecule has 0 spiro atoms. The van der Waals surface area contributed by atoms with Crippen LogP contribution in [0.1, 0.15) is 73.3 Å². The molecule has 0 amide bonds. The van der Waals surface area contributed by atoms with Crippen molar-refractivity contribution in [1.29, 1.82) is 0 Å². The number of aromatic hydroxyl groups is 1. The van der Waals surface area contributed by atoms with E-state index in [0.717, 1.165) is 43.0 Å². The Morgan fingerprint density at radius 2 is 1.69 bits per heavy atom. The fourth-order valence-electron chi connectivity index (χ4n) is 5.36. The van der Waals surface area contributed by atoms with Crippen LogP contribution in [0.5, 0.6) is 5.75 Å². The molecule has 0 saturated carbocycles. The lowest BCUT2D eigenvalue weighted by Gasteiger charge is -2.48. The minimum absolute atomic E-state index is 0.0265. The summed E-state index contributed by atoms with van der Waals surface area (Å²) < 4.78 is 10.8. The largest absolute Gasteiger partial charge is 0.507 e. The van der Waals surface area contributed by atoms with Gasteiger partial charge < -0.3 is 18.8 Å². The Morgan fingerprint density at radius 3 is 2.37 bits per heavy atom. The van der Waals surface area contributed by atoms with Crippen LogP contribution in [0.3, 0.4) is 0 Å². The third-order valence-corrected chi connectivity index (χ3v) is 7.47. The van der Waals surface area contributed by atoms with Crippen LogP contribution in [0.25, 0.3) is 17.0 Å². The van der Waals surface area contributed by atoms with Gasteiger partial charge in [0.25, 0.3) is 0 Å². The lowest BCUT2D eigenvalue weighted by Crippen LogP contribution is -2.44. The first-order valence-corrected chi connectivity index (χ1v) is 11.9. The summed E-state index contributed by atoms with van der Waals surface area (Å²) in [5, 5.41) is 10.8. The summed E-state index contributed by atoms with van der Waals surface area (Å²) in [7, 11) is 0. The van der Waals surface area contributed by atoms with Gasteiger partial charge in [-0.1, -0.05) is 27.7 Å². The Bertz CT molecular complexity index is 1530. The Balaban J connectivity index is 1.66. The van der Waals surface area contributed by atoms with E-state index in [2.05, 4.69) is 38.7 Å². The Hall–Kier alpha value is -3.61. The minimum atomic E-state index is -0.928. The first-order chi connectivity index (χ1) is 16.4. The van der Waals surface area contributed by atoms with E-state index >= 15 is 0 Å². The van der Waals surface area contributed by atoms with E-state index in [0.29, 0.717) is 5.58 Å². The zero-order valence-electron chi connectivity index (χ0n) is 20.7. The summed E-state index contributed by atoms with van der Waals surface area (Å²) in [6, 6.07) is 5.04. The standard InChI is InChI=1S/C28H29NO6/c1-15-12-20(31)21(26(33)34-15)19(30)7-6-16-13-17-14-18-23-22(24(17)35-25(16)32)28(4,5)9-11-29(23)10-8-27(18,2)3/h6-7,12-14,31H,8-11H2,1-5H3. The van der Waals surface area contributed by atoms with Gasteiger partial charge in [0.1, 0.15) is 22.7 Å². The maximum atomic E-state index is 13.0. The van der Waals surface area contributed by atoms with Gasteiger partial charge in [0.2, 0.25) is 0 Å². The van der Waals surface area contributed by atoms with Crippen molar-refractivity contribution in [2.24, 2.45) is 0 Å². The number of carbonyl (C=O) groups excluding carboxylic acids is 1. The SMILES string of the molecule is Cc1cc(O)c(C(=O)C=Cc2cc3cc4c5c(c3oc2=O)C(C)(C)CCN5CCC4(C)C)c(=O)o1. The van der Waals surface area contributed by atoms with Crippen LogP contribution < -0.4 is 16.2 Å². The zero-order valence-corrected chi connectivity index (χ0v) is 20.7. The molecule has 0 saturated heterocycles. The van der Waals surface area contributed by atoms with E-state index in [1.807, 2.05) is 0 Å². The predicted molar refractivity (Wildman–Crippen MR) is 135 cm³/mol. The third kappa shape index (κ3) is 3.70. The highest BCUT2D eigenvalue weighted by Gasteiger charge is 2.41. The molecule has 2 aliphatic rings. The van der Waals surface area contributed by atoms with Crippen LogP contribution in [-0.4, -0.2) is 24.0 Å². The lowest BCUT2D eigenvalue weighted by molar-refractivity contribution is 0.104. The van der Waals surface area contributed by atoms with Gasteiger partial charge in [-0.25, -0.2) is 9.59 Å². The quantitative estimate of drug-likeness (QED) is 0.329. The lowest BCUT2D eigenvalue weighted by atomic mass is 9.69. The van der Waals surface area contributed by atoms with E-state index in [4.69, 9.17) is 8.83 Å². The Morgan fingerprint density at radius 1 is 1.00 bits per heavy atom. The average Bonchev–Trinajstić information content (AvgIpc) is 2.75. The number of nitrogens with zero attached hydrogens (tertiary/aromatic N) is 1. The average molecular weight is 476 g/mol. The maximum absolute atomic E-state index is 13.0. The van der Waals surface area contributed by atoms with Crippen LogP contribution in [0.4, 0.5) is 5.69 Å². The number of carbonyl (C=O) groups is 1. The molecule has 3 aromatic rings. The molecule has 0 atom stereocenters. The van der Waals surface area contributed by atoms with Crippen molar-refractivity contribution in [3.63, 3.8) is 0 Å². The summed E-state index contributed by atoms with van der Waals surface area (Å²) in [5.41, 5.74) is 2.11. The molecule has 0 fully saturated rings. The molecule has 5 rings (SSSR count). The second-order valence-corrected chi connectivity index (χ2v) is 10.9. The normalized spacial score (nSPS) is 18.1. The fourth-order valence-corrected chi connectivity index (χ4v) is 5.36. The van der Waals surface area contributed by atoms with Crippen LogP contribution in [0.2, 0.25) is 0 Å². The molecule has 35 heavy (non-hydrogen) atoms. The molecular weight excluding hydrogens is 446 g/mol. The number of ketones is 1. The highest BCUT2D eigenvalue weighted by molar-refractivity contribution is 6.08. The molecule has 2 aromatic heterocycles. The molecule has 2 aliphatic heterocycles. The molecule has 0 bridgehead atoms. The Labute approximate surface area is 202 Å². The minimum Gasteiger partial charge on any atom is -0.507 e. The van der Waals surface area contributed by atoms with Gasteiger partial charge in [0, 0.05) is 35.8 Å². The highest BCUT2D eigenvalue weighted by Crippen LogP contribution is 2.51. The molecular formula is C28H29NO6. The van der Waals surface area contributed by atoms with Crippen LogP contribution in [0.15, 0.2) is 42.7 Å². The number of hydrogen-bond acceptors (Lipinski definition) is 7. The third-order valence-electron chi connectivity index (χ3n) is 7.47.